The lowest BCUT2D eigenvalue weighted by atomic mass is 10.1. The molecule has 0 unspecified atom stereocenters. The van der Waals surface area contributed by atoms with E-state index in [9.17, 15) is 22.8 Å². The first-order chi connectivity index (χ1) is 16.0. The van der Waals surface area contributed by atoms with Gasteiger partial charge in [0.25, 0.3) is 5.91 Å². The van der Waals surface area contributed by atoms with E-state index in [-0.39, 0.29) is 12.1 Å². The number of nitrogens with zero attached hydrogens (tertiary/aromatic N) is 5. The van der Waals surface area contributed by atoms with E-state index < -0.39 is 23.6 Å². The van der Waals surface area contributed by atoms with Crippen LogP contribution in [0.25, 0.3) is 21.8 Å². The number of anilines is 1. The number of hydrogen-bond acceptors (Lipinski definition) is 5. The number of aryl methyl sites for hydroxylation is 1. The highest BCUT2D eigenvalue weighted by molar-refractivity contribution is 6.10. The zero-order chi connectivity index (χ0) is 24.8. The maximum absolute atomic E-state index is 13.5. The summed E-state index contributed by atoms with van der Waals surface area (Å²) in [6.45, 7) is 1.19. The van der Waals surface area contributed by atoms with Gasteiger partial charge in [-0.2, -0.15) is 18.3 Å². The second kappa shape index (κ2) is 8.32. The Morgan fingerprint density at radius 3 is 2.38 bits per heavy atom. The van der Waals surface area contributed by atoms with Crippen molar-refractivity contribution in [3.63, 3.8) is 0 Å². The number of benzene rings is 2. The monoisotopic (exact) mass is 470 g/mol. The molecule has 0 radical (unpaired) electrons. The predicted molar refractivity (Wildman–Crippen MR) is 120 cm³/mol. The summed E-state index contributed by atoms with van der Waals surface area (Å²) in [6, 6.07) is 9.30. The van der Waals surface area contributed by atoms with Crippen LogP contribution >= 0.6 is 0 Å². The maximum Gasteiger partial charge on any atom is 0.416 e. The zero-order valence-electron chi connectivity index (χ0n) is 18.6. The molecular formula is C23H21F3N6O2. The second-order valence-electron chi connectivity index (χ2n) is 7.86. The normalized spacial score (nSPS) is 11.7. The van der Waals surface area contributed by atoms with Gasteiger partial charge in [0.1, 0.15) is 5.82 Å². The molecule has 8 nitrogen and oxygen atoms in total. The van der Waals surface area contributed by atoms with Gasteiger partial charge >= 0.3 is 6.18 Å². The van der Waals surface area contributed by atoms with Gasteiger partial charge in [0, 0.05) is 32.0 Å². The highest BCUT2D eigenvalue weighted by Crippen LogP contribution is 2.30. The Morgan fingerprint density at radius 1 is 1.09 bits per heavy atom. The number of carbonyl (C=O) groups excluding carboxylic acids is 2. The fourth-order valence-corrected chi connectivity index (χ4v) is 3.70. The van der Waals surface area contributed by atoms with Gasteiger partial charge in [0.15, 0.2) is 0 Å². The molecule has 0 spiro atoms. The lowest BCUT2D eigenvalue weighted by Gasteiger charge is -2.31. The minimum Gasteiger partial charge on any atom is -0.383 e. The molecule has 0 aliphatic carbocycles. The van der Waals surface area contributed by atoms with Crippen LogP contribution in [0.2, 0.25) is 0 Å². The van der Waals surface area contributed by atoms with Gasteiger partial charge in [0.2, 0.25) is 5.91 Å². The topological polar surface area (TPSA) is 97.3 Å². The van der Waals surface area contributed by atoms with Crippen LogP contribution in [0.1, 0.15) is 28.4 Å². The standard InChI is InChI=1S/C23H21F3N6O2/c1-13(33)31(3)32(12-14-4-7-16(8-5-14)23(24,25)26)22(34)15-6-9-19-17(10-15)20-18(21(27)29-19)11-28-30(20)2/h4-11H,12H2,1-3H3,(H2,27,29). The summed E-state index contributed by atoms with van der Waals surface area (Å²) in [5.41, 5.74) is 7.19. The molecule has 0 aliphatic heterocycles. The molecule has 0 atom stereocenters. The fourth-order valence-electron chi connectivity index (χ4n) is 3.70. The van der Waals surface area contributed by atoms with Crippen LogP contribution in [0.3, 0.4) is 0 Å². The van der Waals surface area contributed by atoms with E-state index in [1.165, 1.54) is 31.1 Å². The third kappa shape index (κ3) is 4.12. The van der Waals surface area contributed by atoms with Crippen LogP contribution in [0.4, 0.5) is 19.0 Å². The van der Waals surface area contributed by atoms with E-state index in [1.54, 1.807) is 36.1 Å². The average molecular weight is 470 g/mol. The Balaban J connectivity index is 1.74. The lowest BCUT2D eigenvalue weighted by molar-refractivity contribution is -0.140. The molecule has 0 saturated carbocycles. The Labute approximate surface area is 192 Å². The first-order valence-corrected chi connectivity index (χ1v) is 10.2. The summed E-state index contributed by atoms with van der Waals surface area (Å²) in [7, 11) is 3.17. The van der Waals surface area contributed by atoms with Crippen molar-refractivity contribution < 1.29 is 22.8 Å². The van der Waals surface area contributed by atoms with Crippen molar-refractivity contribution >= 4 is 39.4 Å². The molecule has 2 amide bonds. The number of hydrazine groups is 1. The number of aromatic nitrogens is 3. The van der Waals surface area contributed by atoms with Crippen LogP contribution in [0.15, 0.2) is 48.7 Å². The number of rotatable bonds is 3. The van der Waals surface area contributed by atoms with Crippen LogP contribution in [0.5, 0.6) is 0 Å². The molecule has 4 aromatic rings. The van der Waals surface area contributed by atoms with Gasteiger partial charge < -0.3 is 5.73 Å². The Morgan fingerprint density at radius 2 is 1.76 bits per heavy atom. The molecule has 34 heavy (non-hydrogen) atoms. The summed E-state index contributed by atoms with van der Waals surface area (Å²) in [6.07, 6.45) is -2.88. The number of hydrogen-bond donors (Lipinski definition) is 1. The van der Waals surface area contributed by atoms with Gasteiger partial charge in [-0.25, -0.2) is 9.99 Å². The predicted octanol–water partition coefficient (Wildman–Crippen LogP) is 3.76. The third-order valence-electron chi connectivity index (χ3n) is 5.62. The van der Waals surface area contributed by atoms with Crippen molar-refractivity contribution in [3.8, 4) is 0 Å². The summed E-state index contributed by atoms with van der Waals surface area (Å²) in [4.78, 5) is 29.9. The second-order valence-corrected chi connectivity index (χ2v) is 7.86. The molecular weight excluding hydrogens is 449 g/mol. The van der Waals surface area contributed by atoms with Gasteiger partial charge in [-0.05, 0) is 35.9 Å². The molecule has 11 heteroatoms. The number of nitrogen functional groups attached to an aromatic ring is 1. The highest BCUT2D eigenvalue weighted by atomic mass is 19.4. The Hall–Kier alpha value is -4.15. The van der Waals surface area contributed by atoms with E-state index in [4.69, 9.17) is 5.73 Å². The zero-order valence-corrected chi connectivity index (χ0v) is 18.6. The first-order valence-electron chi connectivity index (χ1n) is 10.2. The number of nitrogens with two attached hydrogens (primary N) is 1. The largest absolute Gasteiger partial charge is 0.416 e. The molecule has 2 N–H and O–H groups in total. The molecule has 0 saturated heterocycles. The molecule has 2 aromatic carbocycles. The van der Waals surface area contributed by atoms with Crippen LogP contribution in [0, 0.1) is 0 Å². The van der Waals surface area contributed by atoms with Crippen LogP contribution < -0.4 is 5.73 Å². The molecule has 0 fully saturated rings. The summed E-state index contributed by atoms with van der Waals surface area (Å²) < 4.78 is 40.3. The Bertz CT molecular complexity index is 1410. The van der Waals surface area contributed by atoms with Gasteiger partial charge in [-0.3, -0.25) is 19.3 Å². The van der Waals surface area contributed by atoms with E-state index in [1.807, 2.05) is 0 Å². The minimum absolute atomic E-state index is 0.105. The number of pyridine rings is 1. The quantitative estimate of drug-likeness (QED) is 0.460. The van der Waals surface area contributed by atoms with Crippen molar-refractivity contribution in [2.24, 2.45) is 7.05 Å². The molecule has 0 bridgehead atoms. The van der Waals surface area contributed by atoms with E-state index in [0.29, 0.717) is 33.2 Å². The number of amides is 2. The molecule has 4 rings (SSSR count). The molecule has 2 aromatic heterocycles. The minimum atomic E-state index is -4.47. The maximum atomic E-state index is 13.5. The van der Waals surface area contributed by atoms with Crippen molar-refractivity contribution in [2.45, 2.75) is 19.6 Å². The average Bonchev–Trinajstić information content (AvgIpc) is 3.18. The van der Waals surface area contributed by atoms with Crippen LogP contribution in [-0.2, 0) is 24.6 Å². The third-order valence-corrected chi connectivity index (χ3v) is 5.62. The van der Waals surface area contributed by atoms with Crippen molar-refractivity contribution in [3.05, 3.63) is 65.4 Å². The van der Waals surface area contributed by atoms with E-state index in [2.05, 4.69) is 10.1 Å². The molecule has 2 heterocycles. The smallest absolute Gasteiger partial charge is 0.383 e. The van der Waals surface area contributed by atoms with Gasteiger partial charge in [0.05, 0.1) is 34.7 Å². The van der Waals surface area contributed by atoms with Crippen molar-refractivity contribution in [2.75, 3.05) is 12.8 Å². The summed E-state index contributed by atoms with van der Waals surface area (Å²) in [5.74, 6) is -0.605. The summed E-state index contributed by atoms with van der Waals surface area (Å²) >= 11 is 0. The number of fused-ring (bicyclic) bond motifs is 3. The van der Waals surface area contributed by atoms with Crippen LogP contribution in [-0.4, -0.2) is 43.6 Å². The van der Waals surface area contributed by atoms with Gasteiger partial charge in [-0.1, -0.05) is 12.1 Å². The lowest BCUT2D eigenvalue weighted by Crippen LogP contribution is -2.46. The van der Waals surface area contributed by atoms with E-state index >= 15 is 0 Å². The molecule has 0 aliphatic rings. The number of carbonyl (C=O) groups is 2. The first kappa shape index (κ1) is 23.0. The Kier molecular flexibility index (Phi) is 5.64. The van der Waals surface area contributed by atoms with Crippen molar-refractivity contribution in [1.29, 1.82) is 0 Å². The molecule has 176 valence electrons. The number of halogens is 3. The highest BCUT2D eigenvalue weighted by Gasteiger charge is 2.30. The van der Waals surface area contributed by atoms with E-state index in [0.717, 1.165) is 17.1 Å². The summed E-state index contributed by atoms with van der Waals surface area (Å²) in [5, 5.41) is 7.81. The fraction of sp³-hybridized carbons (Fsp3) is 0.217. The van der Waals surface area contributed by atoms with Gasteiger partial charge in [-0.15, -0.1) is 0 Å². The number of alkyl halides is 3. The SMILES string of the molecule is CC(=O)N(C)N(Cc1ccc(C(F)(F)F)cc1)C(=O)c1ccc2nc(N)c3cnn(C)c3c2c1. The van der Waals surface area contributed by atoms with Crippen molar-refractivity contribution in [1.82, 2.24) is 24.8 Å².